The summed E-state index contributed by atoms with van der Waals surface area (Å²) in [7, 11) is 0. The minimum Gasteiger partial charge on any atom is -0.356 e. The predicted octanol–water partition coefficient (Wildman–Crippen LogP) is 2.81. The van der Waals surface area contributed by atoms with Crippen LogP contribution in [-0.4, -0.2) is 30.4 Å². The molecule has 0 bridgehead atoms. The van der Waals surface area contributed by atoms with Crippen LogP contribution in [0.2, 0.25) is 0 Å². The molecule has 1 N–H and O–H groups in total. The van der Waals surface area contributed by atoms with Crippen LogP contribution in [-0.2, 0) is 17.5 Å². The Bertz CT molecular complexity index is 563. The van der Waals surface area contributed by atoms with Crippen LogP contribution in [0.15, 0.2) is 24.3 Å². The first-order valence-corrected chi connectivity index (χ1v) is 7.52. The lowest BCUT2D eigenvalue weighted by molar-refractivity contribution is -0.137. The molecular formula is C16H19F3N2O. The number of amides is 1. The maximum Gasteiger partial charge on any atom is 0.416 e. The van der Waals surface area contributed by atoms with Gasteiger partial charge in [0.1, 0.15) is 0 Å². The van der Waals surface area contributed by atoms with Crippen molar-refractivity contribution < 1.29 is 18.0 Å². The lowest BCUT2D eigenvalue weighted by atomic mass is 9.77. The van der Waals surface area contributed by atoms with Gasteiger partial charge in [-0.05, 0) is 43.0 Å². The molecule has 0 atom stereocenters. The summed E-state index contributed by atoms with van der Waals surface area (Å²) >= 11 is 0. The SMILES string of the molecule is O=C1CC2(CCN(Cc3cccc(C(F)(F)F)c3)CC2)CN1. The van der Waals surface area contributed by atoms with Gasteiger partial charge in [0, 0.05) is 19.5 Å². The topological polar surface area (TPSA) is 32.3 Å². The normalized spacial score (nSPS) is 22.0. The first-order valence-electron chi connectivity index (χ1n) is 7.52. The van der Waals surface area contributed by atoms with Gasteiger partial charge in [-0.15, -0.1) is 0 Å². The number of nitrogens with one attached hydrogen (secondary N) is 1. The van der Waals surface area contributed by atoms with Gasteiger partial charge in [0.15, 0.2) is 0 Å². The summed E-state index contributed by atoms with van der Waals surface area (Å²) in [5.74, 6) is 0.117. The first-order chi connectivity index (χ1) is 10.4. The second-order valence-electron chi connectivity index (χ2n) is 6.43. The van der Waals surface area contributed by atoms with E-state index in [1.165, 1.54) is 12.1 Å². The van der Waals surface area contributed by atoms with Gasteiger partial charge in [-0.3, -0.25) is 9.69 Å². The number of hydrogen-bond donors (Lipinski definition) is 1. The Labute approximate surface area is 127 Å². The minimum absolute atomic E-state index is 0.0708. The molecule has 0 aromatic heterocycles. The highest BCUT2D eigenvalue weighted by molar-refractivity contribution is 5.79. The van der Waals surface area contributed by atoms with Gasteiger partial charge in [0.2, 0.25) is 5.91 Å². The molecule has 1 aromatic rings. The molecule has 0 radical (unpaired) electrons. The van der Waals surface area contributed by atoms with Crippen LogP contribution in [0.25, 0.3) is 0 Å². The Balaban J connectivity index is 1.60. The number of alkyl halides is 3. The molecule has 1 aromatic carbocycles. The Morgan fingerprint density at radius 3 is 2.55 bits per heavy atom. The van der Waals surface area contributed by atoms with Crippen molar-refractivity contribution in [3.8, 4) is 0 Å². The van der Waals surface area contributed by atoms with E-state index in [0.29, 0.717) is 18.5 Å². The predicted molar refractivity (Wildman–Crippen MR) is 76.0 cm³/mol. The zero-order chi connectivity index (χ0) is 15.8. The van der Waals surface area contributed by atoms with E-state index in [9.17, 15) is 18.0 Å². The van der Waals surface area contributed by atoms with Crippen LogP contribution < -0.4 is 5.32 Å². The van der Waals surface area contributed by atoms with E-state index in [2.05, 4.69) is 10.2 Å². The summed E-state index contributed by atoms with van der Waals surface area (Å²) in [6.07, 6.45) is -1.86. The van der Waals surface area contributed by atoms with Crippen molar-refractivity contribution in [3.63, 3.8) is 0 Å². The van der Waals surface area contributed by atoms with Crippen molar-refractivity contribution in [3.05, 3.63) is 35.4 Å². The average molecular weight is 312 g/mol. The van der Waals surface area contributed by atoms with Gasteiger partial charge in [-0.25, -0.2) is 0 Å². The summed E-state index contributed by atoms with van der Waals surface area (Å²) in [5.41, 5.74) is 0.164. The second kappa shape index (κ2) is 5.57. The number of likely N-dealkylation sites (tertiary alicyclic amines) is 1. The third-order valence-electron chi connectivity index (χ3n) is 4.77. The van der Waals surface area contributed by atoms with Crippen molar-refractivity contribution in [1.29, 1.82) is 0 Å². The number of nitrogens with zero attached hydrogens (tertiary/aromatic N) is 1. The van der Waals surface area contributed by atoms with Gasteiger partial charge in [-0.2, -0.15) is 13.2 Å². The lowest BCUT2D eigenvalue weighted by Gasteiger charge is -2.38. The summed E-state index contributed by atoms with van der Waals surface area (Å²) in [6.45, 7) is 2.92. The van der Waals surface area contributed by atoms with Gasteiger partial charge >= 0.3 is 6.18 Å². The van der Waals surface area contributed by atoms with Gasteiger partial charge < -0.3 is 5.32 Å². The fourth-order valence-corrected chi connectivity index (χ4v) is 3.39. The van der Waals surface area contributed by atoms with Crippen molar-refractivity contribution >= 4 is 5.91 Å². The standard InChI is InChI=1S/C16H19F3N2O/c17-16(18,19)13-3-1-2-12(8-13)10-21-6-4-15(5-7-21)9-14(22)20-11-15/h1-3,8H,4-7,9-11H2,(H,20,22). The largest absolute Gasteiger partial charge is 0.416 e. The number of hydrogen-bond acceptors (Lipinski definition) is 2. The molecule has 1 amide bonds. The molecule has 2 heterocycles. The molecule has 120 valence electrons. The first kappa shape index (κ1) is 15.3. The number of piperidine rings is 1. The molecule has 1 spiro atoms. The molecule has 6 heteroatoms. The summed E-state index contributed by atoms with van der Waals surface area (Å²) in [4.78, 5) is 13.6. The van der Waals surface area contributed by atoms with Crippen LogP contribution in [0.3, 0.4) is 0 Å². The Hall–Kier alpha value is -1.56. The summed E-state index contributed by atoms with van der Waals surface area (Å²) in [5, 5.41) is 2.89. The Morgan fingerprint density at radius 1 is 1.23 bits per heavy atom. The van der Waals surface area contributed by atoms with Gasteiger partial charge in [0.05, 0.1) is 5.56 Å². The third-order valence-corrected chi connectivity index (χ3v) is 4.77. The molecule has 0 saturated carbocycles. The highest BCUT2D eigenvalue weighted by atomic mass is 19.4. The smallest absolute Gasteiger partial charge is 0.356 e. The maximum absolute atomic E-state index is 12.7. The van der Waals surface area contributed by atoms with Crippen LogP contribution in [0.5, 0.6) is 0 Å². The molecule has 0 unspecified atom stereocenters. The quantitative estimate of drug-likeness (QED) is 0.911. The molecule has 3 rings (SSSR count). The highest BCUT2D eigenvalue weighted by Crippen LogP contribution is 2.38. The monoisotopic (exact) mass is 312 g/mol. The van der Waals surface area contributed by atoms with E-state index >= 15 is 0 Å². The third kappa shape index (κ3) is 3.27. The highest BCUT2D eigenvalue weighted by Gasteiger charge is 2.40. The average Bonchev–Trinajstić information content (AvgIpc) is 2.82. The molecule has 2 aliphatic rings. The number of carbonyl (C=O) groups excluding carboxylic acids is 1. The molecule has 22 heavy (non-hydrogen) atoms. The number of benzene rings is 1. The lowest BCUT2D eigenvalue weighted by Crippen LogP contribution is -2.40. The molecule has 2 fully saturated rings. The zero-order valence-electron chi connectivity index (χ0n) is 12.2. The zero-order valence-corrected chi connectivity index (χ0v) is 12.2. The van der Waals surface area contributed by atoms with E-state index in [4.69, 9.17) is 0 Å². The van der Waals surface area contributed by atoms with Crippen LogP contribution in [0.4, 0.5) is 13.2 Å². The molecular weight excluding hydrogens is 293 g/mol. The van der Waals surface area contributed by atoms with Gasteiger partial charge in [0.25, 0.3) is 0 Å². The van der Waals surface area contributed by atoms with Crippen molar-refractivity contribution in [2.45, 2.75) is 32.0 Å². The molecule has 0 aliphatic carbocycles. The van der Waals surface area contributed by atoms with E-state index in [-0.39, 0.29) is 11.3 Å². The van der Waals surface area contributed by atoms with E-state index in [1.54, 1.807) is 6.07 Å². The Kier molecular flexibility index (Phi) is 3.89. The van der Waals surface area contributed by atoms with Crippen LogP contribution >= 0.6 is 0 Å². The molecule has 2 aliphatic heterocycles. The number of rotatable bonds is 2. The minimum atomic E-state index is -4.29. The number of halogens is 3. The fourth-order valence-electron chi connectivity index (χ4n) is 3.39. The van der Waals surface area contributed by atoms with E-state index in [1.807, 2.05) is 0 Å². The Morgan fingerprint density at radius 2 is 1.95 bits per heavy atom. The molecule has 2 saturated heterocycles. The van der Waals surface area contributed by atoms with Crippen molar-refractivity contribution in [2.24, 2.45) is 5.41 Å². The second-order valence-corrected chi connectivity index (χ2v) is 6.43. The van der Waals surface area contributed by atoms with Crippen LogP contribution in [0, 0.1) is 5.41 Å². The number of carbonyl (C=O) groups is 1. The summed E-state index contributed by atoms with van der Waals surface area (Å²) < 4.78 is 38.2. The fraction of sp³-hybridized carbons (Fsp3) is 0.562. The van der Waals surface area contributed by atoms with E-state index < -0.39 is 11.7 Å². The molecule has 3 nitrogen and oxygen atoms in total. The van der Waals surface area contributed by atoms with Crippen LogP contribution in [0.1, 0.15) is 30.4 Å². The van der Waals surface area contributed by atoms with Crippen molar-refractivity contribution in [1.82, 2.24) is 10.2 Å². The van der Waals surface area contributed by atoms with Crippen molar-refractivity contribution in [2.75, 3.05) is 19.6 Å². The summed E-state index contributed by atoms with van der Waals surface area (Å²) in [6, 6.07) is 5.53. The maximum atomic E-state index is 12.7. The van der Waals surface area contributed by atoms with E-state index in [0.717, 1.165) is 38.5 Å². The van der Waals surface area contributed by atoms with Gasteiger partial charge in [-0.1, -0.05) is 18.2 Å².